The fraction of sp³-hybridized carbons (Fsp3) is 0.436. The van der Waals surface area contributed by atoms with Gasteiger partial charge in [0.1, 0.15) is 13.2 Å². The number of benzene rings is 3. The summed E-state index contributed by atoms with van der Waals surface area (Å²) in [7, 11) is 0. The molecule has 8 nitrogen and oxygen atoms in total. The standard InChI is InChI=1S/C39H48O8/c1-4-5-6-7-29-8-9-34-21-33(15-14-32(34)20-29)30-10-12-31(13-11-30)35-22-36(44-16-18-46-38(42)27(2)25-40)24-37(23-35)45-17-19-47-39(43)28(3)26-41/h8-15,20-21,35-37,40-41H,2-7,16-19,22-26H2,1H3. The van der Waals surface area contributed by atoms with Crippen molar-refractivity contribution in [2.75, 3.05) is 39.6 Å². The third kappa shape index (κ3) is 10.9. The topological polar surface area (TPSA) is 112 Å². The highest BCUT2D eigenvalue weighted by Crippen LogP contribution is 2.37. The van der Waals surface area contributed by atoms with Crippen LogP contribution in [-0.2, 0) is 35.0 Å². The first-order valence-electron chi connectivity index (χ1n) is 16.6. The van der Waals surface area contributed by atoms with Gasteiger partial charge in [0.25, 0.3) is 0 Å². The molecule has 2 atom stereocenters. The van der Waals surface area contributed by atoms with Crippen molar-refractivity contribution in [3.05, 3.63) is 96.1 Å². The largest absolute Gasteiger partial charge is 0.460 e. The molecule has 252 valence electrons. The second-order valence-corrected chi connectivity index (χ2v) is 12.2. The molecule has 1 aliphatic carbocycles. The molecule has 1 fully saturated rings. The van der Waals surface area contributed by atoms with Crippen LogP contribution in [-0.4, -0.2) is 74.0 Å². The Kier molecular flexibility index (Phi) is 14.2. The van der Waals surface area contributed by atoms with E-state index in [-0.39, 0.29) is 55.7 Å². The number of aliphatic hydroxyl groups is 2. The number of carbonyl (C=O) groups excluding carboxylic acids is 2. The lowest BCUT2D eigenvalue weighted by Crippen LogP contribution is -2.34. The summed E-state index contributed by atoms with van der Waals surface area (Å²) in [5, 5.41) is 20.6. The summed E-state index contributed by atoms with van der Waals surface area (Å²) in [5.74, 6) is -1.11. The van der Waals surface area contributed by atoms with Gasteiger partial charge in [-0.05, 0) is 77.1 Å². The third-order valence-corrected chi connectivity index (χ3v) is 8.61. The van der Waals surface area contributed by atoms with E-state index in [1.807, 2.05) is 0 Å². The Morgan fingerprint density at radius 2 is 1.26 bits per heavy atom. The molecule has 0 bridgehead atoms. The maximum Gasteiger partial charge on any atom is 0.335 e. The highest BCUT2D eigenvalue weighted by Gasteiger charge is 2.31. The summed E-state index contributed by atoms with van der Waals surface area (Å²) in [6.45, 7) is 8.80. The van der Waals surface area contributed by atoms with Gasteiger partial charge < -0.3 is 29.2 Å². The van der Waals surface area contributed by atoms with Crippen LogP contribution in [0.1, 0.15) is 62.5 Å². The average Bonchev–Trinajstić information content (AvgIpc) is 3.10. The van der Waals surface area contributed by atoms with E-state index in [0.717, 1.165) is 24.8 Å². The van der Waals surface area contributed by atoms with Gasteiger partial charge in [0.15, 0.2) is 0 Å². The van der Waals surface area contributed by atoms with Crippen molar-refractivity contribution >= 4 is 22.7 Å². The second kappa shape index (κ2) is 18.5. The molecule has 3 aromatic carbocycles. The Morgan fingerprint density at radius 1 is 0.702 bits per heavy atom. The SMILES string of the molecule is C=C(CO)C(=O)OCCOC1CC(OCCOC(=O)C(=C)CO)CC(c2ccc(-c3ccc4cc(CCCCC)ccc4c3)cc2)C1. The number of unbranched alkanes of at least 4 members (excludes halogenated alkanes) is 2. The molecule has 0 aliphatic heterocycles. The third-order valence-electron chi connectivity index (χ3n) is 8.61. The minimum absolute atomic E-state index is 0.00135. The van der Waals surface area contributed by atoms with Gasteiger partial charge in [-0.25, -0.2) is 9.59 Å². The molecule has 0 saturated heterocycles. The fourth-order valence-electron chi connectivity index (χ4n) is 5.95. The molecule has 3 aromatic rings. The van der Waals surface area contributed by atoms with Crippen LogP contribution in [0.25, 0.3) is 21.9 Å². The zero-order chi connectivity index (χ0) is 33.6. The normalized spacial score (nSPS) is 17.7. The maximum atomic E-state index is 11.8. The molecule has 0 aromatic heterocycles. The minimum atomic E-state index is -0.643. The van der Waals surface area contributed by atoms with Gasteiger partial charge in [-0.2, -0.15) is 0 Å². The molecule has 2 N–H and O–H groups in total. The van der Waals surface area contributed by atoms with Crippen molar-refractivity contribution in [3.8, 4) is 11.1 Å². The number of fused-ring (bicyclic) bond motifs is 1. The summed E-state index contributed by atoms with van der Waals surface area (Å²) in [4.78, 5) is 23.6. The Hall–Kier alpha value is -3.82. The molecular formula is C39H48O8. The summed E-state index contributed by atoms with van der Waals surface area (Å²) in [6, 6.07) is 22.1. The Morgan fingerprint density at radius 3 is 1.83 bits per heavy atom. The number of rotatable bonds is 18. The van der Waals surface area contributed by atoms with Gasteiger partial charge in [0.05, 0.1) is 49.8 Å². The van der Waals surface area contributed by atoms with E-state index in [1.54, 1.807) is 0 Å². The molecule has 0 spiro atoms. The van der Waals surface area contributed by atoms with Crippen LogP contribution in [0, 0.1) is 0 Å². The molecule has 0 amide bonds. The van der Waals surface area contributed by atoms with Gasteiger partial charge in [0, 0.05) is 0 Å². The molecule has 1 aliphatic rings. The number of aliphatic hydroxyl groups excluding tert-OH is 2. The monoisotopic (exact) mass is 644 g/mol. The Bertz CT molecular complexity index is 1450. The molecule has 2 unspecified atom stereocenters. The zero-order valence-electron chi connectivity index (χ0n) is 27.5. The van der Waals surface area contributed by atoms with Gasteiger partial charge in [-0.3, -0.25) is 0 Å². The van der Waals surface area contributed by atoms with Crippen molar-refractivity contribution < 1.29 is 38.7 Å². The van der Waals surface area contributed by atoms with Crippen LogP contribution in [0.3, 0.4) is 0 Å². The predicted molar refractivity (Wildman–Crippen MR) is 183 cm³/mol. The Balaban J connectivity index is 1.40. The van der Waals surface area contributed by atoms with Crippen LogP contribution in [0.2, 0.25) is 0 Å². The lowest BCUT2D eigenvalue weighted by atomic mass is 9.80. The lowest BCUT2D eigenvalue weighted by Gasteiger charge is -2.35. The van der Waals surface area contributed by atoms with Crippen LogP contribution in [0.4, 0.5) is 0 Å². The van der Waals surface area contributed by atoms with Crippen LogP contribution in [0.15, 0.2) is 85.0 Å². The lowest BCUT2D eigenvalue weighted by molar-refractivity contribution is -0.143. The van der Waals surface area contributed by atoms with E-state index < -0.39 is 25.2 Å². The smallest absolute Gasteiger partial charge is 0.335 e. The van der Waals surface area contributed by atoms with Gasteiger partial charge >= 0.3 is 11.9 Å². The number of carbonyl (C=O) groups is 2. The van der Waals surface area contributed by atoms with Gasteiger partial charge in [-0.15, -0.1) is 0 Å². The van der Waals surface area contributed by atoms with E-state index in [4.69, 9.17) is 29.2 Å². The molecule has 0 radical (unpaired) electrons. The highest BCUT2D eigenvalue weighted by molar-refractivity contribution is 5.89. The van der Waals surface area contributed by atoms with Crippen molar-refractivity contribution in [1.29, 1.82) is 0 Å². The minimum Gasteiger partial charge on any atom is -0.460 e. The summed E-state index contributed by atoms with van der Waals surface area (Å²) < 4.78 is 22.5. The molecular weight excluding hydrogens is 596 g/mol. The van der Waals surface area contributed by atoms with Crippen LogP contribution in [0.5, 0.6) is 0 Å². The predicted octanol–water partition coefficient (Wildman–Crippen LogP) is 6.46. The second-order valence-electron chi connectivity index (χ2n) is 12.2. The molecule has 47 heavy (non-hydrogen) atoms. The van der Waals surface area contributed by atoms with Crippen molar-refractivity contribution in [2.24, 2.45) is 0 Å². The summed E-state index contributed by atoms with van der Waals surface area (Å²) in [5.41, 5.74) is 4.89. The first kappa shape index (κ1) is 36.0. The van der Waals surface area contributed by atoms with Crippen molar-refractivity contribution in [3.63, 3.8) is 0 Å². The van der Waals surface area contributed by atoms with E-state index in [1.165, 1.54) is 46.7 Å². The number of aryl methyl sites for hydroxylation is 1. The van der Waals surface area contributed by atoms with E-state index in [9.17, 15) is 9.59 Å². The fourth-order valence-corrected chi connectivity index (χ4v) is 5.95. The number of esters is 2. The number of hydrogen-bond donors (Lipinski definition) is 2. The van der Waals surface area contributed by atoms with Gasteiger partial charge in [-0.1, -0.05) is 87.5 Å². The zero-order valence-corrected chi connectivity index (χ0v) is 27.5. The number of hydrogen-bond acceptors (Lipinski definition) is 8. The Labute approximate surface area is 278 Å². The average molecular weight is 645 g/mol. The van der Waals surface area contributed by atoms with Gasteiger partial charge in [0.2, 0.25) is 0 Å². The molecule has 1 saturated carbocycles. The molecule has 0 heterocycles. The van der Waals surface area contributed by atoms with Crippen molar-refractivity contribution in [1.82, 2.24) is 0 Å². The maximum absolute atomic E-state index is 11.8. The quantitative estimate of drug-likeness (QED) is 0.0922. The highest BCUT2D eigenvalue weighted by atomic mass is 16.6. The van der Waals surface area contributed by atoms with E-state index >= 15 is 0 Å². The van der Waals surface area contributed by atoms with Crippen LogP contribution >= 0.6 is 0 Å². The summed E-state index contributed by atoms with van der Waals surface area (Å²) in [6.07, 6.45) is 6.75. The first-order chi connectivity index (χ1) is 22.8. The van der Waals surface area contributed by atoms with Crippen molar-refractivity contribution in [2.45, 2.75) is 70.0 Å². The molecule has 8 heteroatoms. The van der Waals surface area contributed by atoms with E-state index in [2.05, 4.69) is 80.7 Å². The van der Waals surface area contributed by atoms with E-state index in [0.29, 0.717) is 6.42 Å². The number of ether oxygens (including phenoxy) is 4. The summed E-state index contributed by atoms with van der Waals surface area (Å²) >= 11 is 0. The molecule has 4 rings (SSSR count). The van der Waals surface area contributed by atoms with Crippen LogP contribution < -0.4 is 0 Å². The first-order valence-corrected chi connectivity index (χ1v) is 16.6.